The number of rotatable bonds is 9. The number of nitrogens with zero attached hydrogens (tertiary/aromatic N) is 1. The Labute approximate surface area is 164 Å². The molecule has 2 aromatic carbocycles. The van der Waals surface area contributed by atoms with Crippen molar-refractivity contribution in [1.82, 2.24) is 0 Å². The molecule has 28 heavy (non-hydrogen) atoms. The van der Waals surface area contributed by atoms with Crippen LogP contribution in [0.3, 0.4) is 0 Å². The van der Waals surface area contributed by atoms with E-state index in [1.165, 1.54) is 11.6 Å². The third-order valence-electron chi connectivity index (χ3n) is 3.94. The second-order valence-corrected chi connectivity index (χ2v) is 6.15. The maximum Gasteiger partial charge on any atom is 0.266 e. The molecule has 2 aromatic rings. The molecule has 0 saturated carbocycles. The number of nitrogens with one attached hydrogen (secondary N) is 1. The van der Waals surface area contributed by atoms with Crippen molar-refractivity contribution in [3.05, 3.63) is 65.2 Å². The Morgan fingerprint density at radius 2 is 1.82 bits per heavy atom. The van der Waals surface area contributed by atoms with Gasteiger partial charge in [-0.15, -0.1) is 0 Å². The topological polar surface area (TPSA) is 102 Å². The number of carboxylic acid groups (broad SMARTS) is 1. The number of amides is 1. The molecule has 0 atom stereocenters. The quantitative estimate of drug-likeness (QED) is 0.535. The Hall–Kier alpha value is -3.59. The standard InChI is InChI=1S/C22H22N2O4/c1-2-3-4-16-5-9-19(10-6-16)24-22(27)18(14-23)13-17-7-11-20(12-8-17)28-15-21(25)26/h5-13H,2-4,15H2,1H3,(H,24,27)(H,25,26)/p-1/b18-13+. The smallest absolute Gasteiger partial charge is 0.266 e. The van der Waals surface area contributed by atoms with E-state index in [0.717, 1.165) is 19.3 Å². The average Bonchev–Trinajstić information content (AvgIpc) is 2.70. The van der Waals surface area contributed by atoms with Crippen LogP contribution in [0.5, 0.6) is 5.75 Å². The fourth-order valence-corrected chi connectivity index (χ4v) is 2.45. The highest BCUT2D eigenvalue weighted by Gasteiger charge is 2.09. The number of carbonyl (C=O) groups excluding carboxylic acids is 2. The zero-order chi connectivity index (χ0) is 20.4. The summed E-state index contributed by atoms with van der Waals surface area (Å²) in [5.41, 5.74) is 2.40. The number of ether oxygens (including phenoxy) is 1. The van der Waals surface area contributed by atoms with Crippen molar-refractivity contribution in [1.29, 1.82) is 5.26 Å². The molecule has 144 valence electrons. The molecule has 0 spiro atoms. The molecule has 0 radical (unpaired) electrons. The lowest BCUT2D eigenvalue weighted by Crippen LogP contribution is -2.28. The summed E-state index contributed by atoms with van der Waals surface area (Å²) in [5.74, 6) is -1.46. The van der Waals surface area contributed by atoms with Crippen LogP contribution in [0.15, 0.2) is 54.1 Å². The first-order valence-corrected chi connectivity index (χ1v) is 8.96. The third-order valence-corrected chi connectivity index (χ3v) is 3.94. The van der Waals surface area contributed by atoms with Crippen molar-refractivity contribution in [2.75, 3.05) is 11.9 Å². The van der Waals surface area contributed by atoms with E-state index in [2.05, 4.69) is 12.2 Å². The highest BCUT2D eigenvalue weighted by molar-refractivity contribution is 6.09. The predicted octanol–water partition coefficient (Wildman–Crippen LogP) is 2.70. The van der Waals surface area contributed by atoms with E-state index in [0.29, 0.717) is 17.0 Å². The number of nitriles is 1. The van der Waals surface area contributed by atoms with Gasteiger partial charge in [0.05, 0.1) is 5.97 Å². The molecule has 0 aliphatic rings. The van der Waals surface area contributed by atoms with E-state index in [-0.39, 0.29) is 5.57 Å². The van der Waals surface area contributed by atoms with Gasteiger partial charge in [0.15, 0.2) is 0 Å². The molecule has 2 rings (SSSR count). The monoisotopic (exact) mass is 377 g/mol. The molecule has 0 aliphatic heterocycles. The first-order valence-electron chi connectivity index (χ1n) is 8.96. The SMILES string of the molecule is CCCCc1ccc(NC(=O)/C(C#N)=C/c2ccc(OCC(=O)[O-])cc2)cc1. The lowest BCUT2D eigenvalue weighted by atomic mass is 10.1. The van der Waals surface area contributed by atoms with Gasteiger partial charge in [0.25, 0.3) is 5.91 Å². The van der Waals surface area contributed by atoms with Gasteiger partial charge in [-0.25, -0.2) is 0 Å². The van der Waals surface area contributed by atoms with Crippen molar-refractivity contribution < 1.29 is 19.4 Å². The van der Waals surface area contributed by atoms with E-state index in [1.807, 2.05) is 30.3 Å². The zero-order valence-electron chi connectivity index (χ0n) is 15.6. The summed E-state index contributed by atoms with van der Waals surface area (Å²) in [7, 11) is 0. The number of carbonyl (C=O) groups is 2. The molecule has 0 bridgehead atoms. The molecule has 6 nitrogen and oxygen atoms in total. The summed E-state index contributed by atoms with van der Waals surface area (Å²) in [6.45, 7) is 1.59. The van der Waals surface area contributed by atoms with Gasteiger partial charge in [-0.1, -0.05) is 37.6 Å². The zero-order valence-corrected chi connectivity index (χ0v) is 15.6. The normalized spacial score (nSPS) is 10.8. The van der Waals surface area contributed by atoms with Crippen LogP contribution in [0.25, 0.3) is 6.08 Å². The molecular weight excluding hydrogens is 356 g/mol. The Morgan fingerprint density at radius 1 is 1.14 bits per heavy atom. The van der Waals surface area contributed by atoms with Crippen LogP contribution in [0, 0.1) is 11.3 Å². The summed E-state index contributed by atoms with van der Waals surface area (Å²) in [6, 6.07) is 15.8. The number of benzene rings is 2. The van der Waals surface area contributed by atoms with E-state index < -0.39 is 18.5 Å². The third kappa shape index (κ3) is 6.61. The van der Waals surface area contributed by atoms with E-state index in [1.54, 1.807) is 24.3 Å². The molecule has 6 heteroatoms. The van der Waals surface area contributed by atoms with Crippen molar-refractivity contribution in [2.45, 2.75) is 26.2 Å². The van der Waals surface area contributed by atoms with E-state index >= 15 is 0 Å². The summed E-state index contributed by atoms with van der Waals surface area (Å²) < 4.78 is 4.99. The number of anilines is 1. The maximum atomic E-state index is 12.4. The number of hydrogen-bond acceptors (Lipinski definition) is 5. The first kappa shape index (κ1) is 20.7. The largest absolute Gasteiger partial charge is 0.546 e. The van der Waals surface area contributed by atoms with Gasteiger partial charge < -0.3 is 20.0 Å². The molecule has 1 amide bonds. The summed E-state index contributed by atoms with van der Waals surface area (Å²) in [4.78, 5) is 22.7. The minimum Gasteiger partial charge on any atom is -0.546 e. The fourth-order valence-electron chi connectivity index (χ4n) is 2.45. The highest BCUT2D eigenvalue weighted by atomic mass is 16.5. The highest BCUT2D eigenvalue weighted by Crippen LogP contribution is 2.16. The summed E-state index contributed by atoms with van der Waals surface area (Å²) >= 11 is 0. The molecule has 1 N–H and O–H groups in total. The number of aliphatic carboxylic acids is 1. The fraction of sp³-hybridized carbons (Fsp3) is 0.227. The second kappa shape index (κ2) is 10.5. The summed E-state index contributed by atoms with van der Waals surface area (Å²) in [5, 5.41) is 22.4. The van der Waals surface area contributed by atoms with Crippen LogP contribution in [0.1, 0.15) is 30.9 Å². The Balaban J connectivity index is 2.02. The van der Waals surface area contributed by atoms with Crippen molar-refractivity contribution in [3.8, 4) is 11.8 Å². The predicted molar refractivity (Wildman–Crippen MR) is 104 cm³/mol. The molecule has 0 aliphatic carbocycles. The van der Waals surface area contributed by atoms with Crippen LogP contribution >= 0.6 is 0 Å². The van der Waals surface area contributed by atoms with Gasteiger partial charge in [-0.3, -0.25) is 4.79 Å². The Bertz CT molecular complexity index is 878. The van der Waals surface area contributed by atoms with Gasteiger partial charge in [0.1, 0.15) is 24.0 Å². The average molecular weight is 377 g/mol. The Kier molecular flexibility index (Phi) is 7.79. The van der Waals surface area contributed by atoms with E-state index in [4.69, 9.17) is 4.74 Å². The van der Waals surface area contributed by atoms with Crippen molar-refractivity contribution >= 4 is 23.6 Å². The van der Waals surface area contributed by atoms with Crippen molar-refractivity contribution in [3.63, 3.8) is 0 Å². The Morgan fingerprint density at radius 3 is 2.39 bits per heavy atom. The number of aryl methyl sites for hydroxylation is 1. The van der Waals surface area contributed by atoms with Crippen LogP contribution in [0.2, 0.25) is 0 Å². The van der Waals surface area contributed by atoms with Gasteiger partial charge in [0.2, 0.25) is 0 Å². The molecule has 0 aromatic heterocycles. The molecule has 0 heterocycles. The van der Waals surface area contributed by atoms with Crippen molar-refractivity contribution in [2.24, 2.45) is 0 Å². The minimum atomic E-state index is -1.31. The second-order valence-electron chi connectivity index (χ2n) is 6.15. The molecular formula is C22H21N2O4-. The number of hydrogen-bond donors (Lipinski definition) is 1. The van der Waals surface area contributed by atoms with Crippen LogP contribution in [-0.2, 0) is 16.0 Å². The van der Waals surface area contributed by atoms with Gasteiger partial charge in [0, 0.05) is 5.69 Å². The minimum absolute atomic E-state index is 0.0431. The lowest BCUT2D eigenvalue weighted by molar-refractivity contribution is -0.307. The first-order chi connectivity index (χ1) is 13.5. The summed E-state index contributed by atoms with van der Waals surface area (Å²) in [6.07, 6.45) is 4.69. The van der Waals surface area contributed by atoms with Crippen LogP contribution in [0.4, 0.5) is 5.69 Å². The number of carboxylic acids is 1. The van der Waals surface area contributed by atoms with Crippen LogP contribution in [-0.4, -0.2) is 18.5 Å². The lowest BCUT2D eigenvalue weighted by Gasteiger charge is -2.07. The van der Waals surface area contributed by atoms with Gasteiger partial charge >= 0.3 is 0 Å². The molecule has 0 saturated heterocycles. The maximum absolute atomic E-state index is 12.4. The molecule has 0 fully saturated rings. The molecule has 0 unspecified atom stereocenters. The van der Waals surface area contributed by atoms with E-state index in [9.17, 15) is 20.0 Å². The van der Waals surface area contributed by atoms with Gasteiger partial charge in [-0.05, 0) is 54.3 Å². The van der Waals surface area contributed by atoms with Gasteiger partial charge in [-0.2, -0.15) is 5.26 Å². The van der Waals surface area contributed by atoms with Crippen LogP contribution < -0.4 is 15.2 Å². The number of unbranched alkanes of at least 4 members (excludes halogenated alkanes) is 1.